The maximum Gasteiger partial charge on any atom is 0.488 e. The predicted molar refractivity (Wildman–Crippen MR) is 343 cm³/mol. The Morgan fingerprint density at radius 2 is 0.815 bits per heavy atom. The first-order valence-corrected chi connectivity index (χ1v) is 37.6. The highest BCUT2D eigenvalue weighted by Gasteiger charge is 2.64. The Labute approximate surface area is 503 Å². The second-order valence-corrected chi connectivity index (χ2v) is 45.8. The van der Waals surface area contributed by atoms with E-state index >= 15 is 0 Å². The van der Waals surface area contributed by atoms with E-state index in [0.717, 1.165) is 0 Å². The Morgan fingerprint density at radius 1 is 0.506 bits per heavy atom. The molecule has 0 aromatic carbocycles. The molecule has 0 saturated carbocycles. The summed E-state index contributed by atoms with van der Waals surface area (Å²) in [4.78, 5) is 25.1. The van der Waals surface area contributed by atoms with Crippen LogP contribution in [0.4, 0.5) is 0 Å². The summed E-state index contributed by atoms with van der Waals surface area (Å²) < 4.78 is 92.5. The van der Waals surface area contributed by atoms with E-state index in [-0.39, 0.29) is 80.2 Å². The summed E-state index contributed by atoms with van der Waals surface area (Å²) in [5.74, 6) is -0.860. The predicted octanol–water partition coefficient (Wildman–Crippen LogP) is 13.6. The van der Waals surface area contributed by atoms with E-state index in [2.05, 4.69) is 76.9 Å². The number of rotatable bonds is 19. The Balaban J connectivity index is 0.000000641. The molecule has 474 valence electrons. The van der Waals surface area contributed by atoms with Crippen molar-refractivity contribution >= 4 is 77.9 Å². The molecule has 0 aliphatic carbocycles. The molecule has 81 heavy (non-hydrogen) atoms. The Bertz CT molecular complexity index is 2050. The average molecular weight is 1220 g/mol. The van der Waals surface area contributed by atoms with Gasteiger partial charge < -0.3 is 46.3 Å². The first-order valence-electron chi connectivity index (χ1n) is 29.5. The van der Waals surface area contributed by atoms with Crippen molar-refractivity contribution in [2.24, 2.45) is 4.40 Å². The van der Waals surface area contributed by atoms with Crippen molar-refractivity contribution in [3.05, 3.63) is 0 Å². The van der Waals surface area contributed by atoms with Gasteiger partial charge >= 0.3 is 33.1 Å². The summed E-state index contributed by atoms with van der Waals surface area (Å²) >= 11 is 0. The minimum atomic E-state index is -2.16. The van der Waals surface area contributed by atoms with Gasteiger partial charge in [0, 0.05) is 6.21 Å². The van der Waals surface area contributed by atoms with Crippen molar-refractivity contribution in [1.82, 2.24) is 4.72 Å². The topological polar surface area (TPSA) is 185 Å². The molecule has 1 unspecified atom stereocenters. The van der Waals surface area contributed by atoms with E-state index in [1.165, 1.54) is 0 Å². The van der Waals surface area contributed by atoms with Crippen molar-refractivity contribution < 1.29 is 64.3 Å². The first kappa shape index (κ1) is 78.2. The van der Waals surface area contributed by atoms with E-state index in [1.807, 2.05) is 166 Å². The monoisotopic (exact) mass is 1220 g/mol. The molecule has 3 rings (SSSR count). The highest BCUT2D eigenvalue weighted by atomic mass is 32.2. The van der Waals surface area contributed by atoms with Crippen LogP contribution >= 0.6 is 0 Å². The lowest BCUT2D eigenvalue weighted by Gasteiger charge is -2.39. The molecule has 0 aromatic heterocycles. The van der Waals surface area contributed by atoms with E-state index in [0.29, 0.717) is 25.7 Å². The lowest BCUT2D eigenvalue weighted by molar-refractivity contribution is -0.158. The van der Waals surface area contributed by atoms with Crippen LogP contribution in [-0.4, -0.2) is 137 Å². The number of carbonyl (C=O) groups excluding carboxylic acids is 2. The van der Waals surface area contributed by atoms with Gasteiger partial charge in [-0.05, 0) is 228 Å². The first-order chi connectivity index (χ1) is 35.5. The van der Waals surface area contributed by atoms with Crippen LogP contribution in [0.5, 0.6) is 0 Å². The van der Waals surface area contributed by atoms with Gasteiger partial charge in [0.1, 0.15) is 22.2 Å². The second-order valence-electron chi connectivity index (χ2n) is 32.4. The standard InChI is InChI=1S/C26H54BNO6SSi.C20H41NO4SSi.C12H24B2O4/c1-22(2,3)31-21(29)18-19(32-36(14,15)24(7,8)9)16-17-20(28-35(30)23(4,5)6)27-33-25(10,11)26(12,13)34-27;1-18(2,3)24-17(22)15-16(25-27(10,11)20(7,8)9)13-12-14-21-26(23)19(4,5)6;1-9(2)10(3,4)16-13(15-9)14-17-11(5,6)12(7,8)18-14/h19-20,28H,16-18H2,1-15H3;14,16H,12-13,15H2,1-11H3;1-8H3/t19-,20?,35+;16-,26+;/m00./s1. The van der Waals surface area contributed by atoms with E-state index in [1.54, 1.807) is 6.21 Å². The van der Waals surface area contributed by atoms with Gasteiger partial charge in [-0.15, -0.1) is 0 Å². The van der Waals surface area contributed by atoms with Gasteiger partial charge in [-0.25, -0.2) is 13.1 Å². The molecule has 3 fully saturated rings. The zero-order valence-corrected chi connectivity index (χ0v) is 61.4. The molecule has 0 radical (unpaired) electrons. The lowest BCUT2D eigenvalue weighted by atomic mass is 9.49. The summed E-state index contributed by atoms with van der Waals surface area (Å²) in [5, 5.41) is 0.0529. The molecule has 23 heteroatoms. The highest BCUT2D eigenvalue weighted by Crippen LogP contribution is 2.44. The molecule has 3 aliphatic rings. The number of esters is 2. The Hall–Kier alpha value is -0.821. The molecule has 16 nitrogen and oxygen atoms in total. The minimum absolute atomic E-state index is 0.00368. The van der Waals surface area contributed by atoms with Gasteiger partial charge in [0.05, 0.1) is 85.1 Å². The van der Waals surface area contributed by atoms with Gasteiger partial charge in [-0.3, -0.25) is 9.59 Å². The Kier molecular flexibility index (Phi) is 26.7. The van der Waals surface area contributed by atoms with Crippen molar-refractivity contribution in [2.45, 2.75) is 355 Å². The molecular weight excluding hydrogens is 1100 g/mol. The maximum atomic E-state index is 13.1. The molecule has 3 heterocycles. The molecule has 0 aromatic rings. The number of hydrogen-bond acceptors (Lipinski definition) is 14. The van der Waals surface area contributed by atoms with Gasteiger partial charge in [-0.1, -0.05) is 41.5 Å². The number of ether oxygens (including phenoxy) is 2. The van der Waals surface area contributed by atoms with Crippen molar-refractivity contribution in [2.75, 3.05) is 0 Å². The van der Waals surface area contributed by atoms with E-state index in [9.17, 15) is 18.0 Å². The highest BCUT2D eigenvalue weighted by molar-refractivity contribution is 7.85. The number of nitrogens with one attached hydrogen (secondary N) is 1. The molecule has 0 bridgehead atoms. The van der Waals surface area contributed by atoms with Crippen LogP contribution in [-0.2, 0) is 77.8 Å². The SMILES string of the molecule is CC(C)(C)OC(=O)C[C@H](CCC(N[S@](=O)C(C)(C)C)B1OC(C)(C)C(C)(C)O1)O[Si](C)(C)C(C)(C)C.CC(C)(C)OC(=O)C[C@H](CCC=N[S@](=O)C(C)(C)C)O[Si](C)(C)C(C)(C)C.CC1(C)OB(B2OC(C)(C)C(C)(C)O2)OC1(C)C. The summed E-state index contributed by atoms with van der Waals surface area (Å²) in [5.41, 5.74) is -3.52. The molecule has 0 spiro atoms. The molecule has 0 amide bonds. The second kappa shape index (κ2) is 27.7. The smallest absolute Gasteiger partial charge is 0.460 e. The number of nitrogens with zero attached hydrogens (tertiary/aromatic N) is 1. The average Bonchev–Trinajstić information content (AvgIpc) is 3.66. The third-order valence-corrected chi connectivity index (χ3v) is 28.5. The van der Waals surface area contributed by atoms with Crippen LogP contribution in [0.1, 0.15) is 246 Å². The van der Waals surface area contributed by atoms with Crippen LogP contribution in [0.15, 0.2) is 4.40 Å². The van der Waals surface area contributed by atoms with Crippen LogP contribution < -0.4 is 4.72 Å². The lowest BCUT2D eigenvalue weighted by Crippen LogP contribution is -2.50. The van der Waals surface area contributed by atoms with Crippen molar-refractivity contribution in [3.8, 4) is 0 Å². The largest absolute Gasteiger partial charge is 0.488 e. The number of hydrogen-bond donors (Lipinski definition) is 1. The van der Waals surface area contributed by atoms with Crippen molar-refractivity contribution in [1.29, 1.82) is 0 Å². The van der Waals surface area contributed by atoms with Gasteiger partial charge in [0.25, 0.3) is 0 Å². The molecule has 3 aliphatic heterocycles. The maximum absolute atomic E-state index is 13.1. The Morgan fingerprint density at radius 3 is 1.10 bits per heavy atom. The molecule has 1 N–H and O–H groups in total. The van der Waals surface area contributed by atoms with E-state index < -0.39 is 86.9 Å². The van der Waals surface area contributed by atoms with Crippen LogP contribution in [0.2, 0.25) is 36.3 Å². The fourth-order valence-corrected chi connectivity index (χ4v) is 11.4. The van der Waals surface area contributed by atoms with Gasteiger partial charge in [0.15, 0.2) is 16.6 Å². The third-order valence-electron chi connectivity index (χ3n) is 16.5. The quantitative estimate of drug-likeness (QED) is 0.0731. The van der Waals surface area contributed by atoms with Crippen molar-refractivity contribution in [3.63, 3.8) is 0 Å². The van der Waals surface area contributed by atoms with Gasteiger partial charge in [-0.2, -0.15) is 4.40 Å². The summed E-state index contributed by atoms with van der Waals surface area (Å²) in [6.07, 6.45) is 3.95. The molecule has 5 atom stereocenters. The summed E-state index contributed by atoms with van der Waals surface area (Å²) in [7, 11) is -8.28. The van der Waals surface area contributed by atoms with Crippen LogP contribution in [0, 0.1) is 0 Å². The fourth-order valence-electron chi connectivity index (χ4n) is 7.25. The van der Waals surface area contributed by atoms with Crippen LogP contribution in [0.3, 0.4) is 0 Å². The van der Waals surface area contributed by atoms with Crippen LogP contribution in [0.25, 0.3) is 0 Å². The minimum Gasteiger partial charge on any atom is -0.460 e. The normalized spacial score (nSPS) is 22.0. The summed E-state index contributed by atoms with van der Waals surface area (Å²) in [6, 6.07) is 0. The van der Waals surface area contributed by atoms with Gasteiger partial charge in [0.2, 0.25) is 0 Å². The zero-order valence-electron chi connectivity index (χ0n) is 57.8. The molecule has 3 saturated heterocycles. The van der Waals surface area contributed by atoms with E-state index in [4.69, 9.17) is 46.3 Å². The number of carbonyl (C=O) groups is 2. The third kappa shape index (κ3) is 24.7. The molecular formula is C58H119B3N2O14S2Si2. The fraction of sp³-hybridized carbons (Fsp3) is 0.948. The zero-order chi connectivity index (χ0) is 64.2. The summed E-state index contributed by atoms with van der Waals surface area (Å²) in [6.45, 7) is 68.8.